The first kappa shape index (κ1) is 26.4. The number of likely N-dealkylation sites (N-methyl/N-ethyl adjacent to an activating group) is 1. The minimum Gasteiger partial charge on any atom is -0.322 e. The van der Waals surface area contributed by atoms with Crippen LogP contribution in [0.15, 0.2) is 24.3 Å². The summed E-state index contributed by atoms with van der Waals surface area (Å²) in [6, 6.07) is 0. The van der Waals surface area contributed by atoms with Gasteiger partial charge in [0.15, 0.2) is 0 Å². The Morgan fingerprint density at radius 3 is 1.07 bits per heavy atom. The van der Waals surface area contributed by atoms with E-state index in [1.807, 2.05) is 0 Å². The van der Waals surface area contributed by atoms with Crippen molar-refractivity contribution >= 4 is 0 Å². The van der Waals surface area contributed by atoms with Crippen LogP contribution in [0.5, 0.6) is 0 Å². The lowest BCUT2D eigenvalue weighted by molar-refractivity contribution is -0.878. The Kier molecular flexibility index (Phi) is 9.57. The van der Waals surface area contributed by atoms with Gasteiger partial charge in [0.1, 0.15) is 0 Å². The Balaban J connectivity index is 4.41. The van der Waals surface area contributed by atoms with Gasteiger partial charge in [0.05, 0.1) is 27.2 Å². The molecule has 0 atom stereocenters. The van der Waals surface area contributed by atoms with Gasteiger partial charge in [-0.2, -0.15) is 0 Å². The minimum atomic E-state index is 0.379. The van der Waals surface area contributed by atoms with Crippen LogP contribution in [0.2, 0.25) is 0 Å². The molecule has 160 valence electrons. The van der Waals surface area contributed by atoms with Crippen LogP contribution in [0.3, 0.4) is 0 Å². The fourth-order valence-electron chi connectivity index (χ4n) is 4.61. The highest BCUT2D eigenvalue weighted by atomic mass is 15.3. The van der Waals surface area contributed by atoms with Gasteiger partial charge in [-0.1, -0.05) is 81.4 Å². The highest BCUT2D eigenvalue weighted by molar-refractivity contribution is 4.91. The first-order valence-electron chi connectivity index (χ1n) is 10.9. The Hall–Kier alpha value is -0.560. The molecule has 1 heteroatoms. The van der Waals surface area contributed by atoms with Crippen LogP contribution >= 0.6 is 0 Å². The maximum Gasteiger partial charge on any atom is 0.0972 e. The lowest BCUT2D eigenvalue weighted by Crippen LogP contribution is -2.39. The SMILES string of the molecule is CC(C)(C)CC(C)(C)CC=CC[N+](C)(C)CC=CCC(C)(C)CC(C)(C)C. The fourth-order valence-corrected chi connectivity index (χ4v) is 4.61. The molecule has 0 amide bonds. The van der Waals surface area contributed by atoms with E-state index < -0.39 is 0 Å². The number of rotatable bonds is 10. The summed E-state index contributed by atoms with van der Waals surface area (Å²) in [4.78, 5) is 0. The first-order chi connectivity index (χ1) is 11.8. The quantitative estimate of drug-likeness (QED) is 0.268. The summed E-state index contributed by atoms with van der Waals surface area (Å²) in [5.41, 5.74) is 1.56. The van der Waals surface area contributed by atoms with E-state index in [4.69, 9.17) is 0 Å². The number of hydrogen-bond acceptors (Lipinski definition) is 0. The van der Waals surface area contributed by atoms with Crippen molar-refractivity contribution in [1.82, 2.24) is 0 Å². The minimum absolute atomic E-state index is 0.379. The van der Waals surface area contributed by atoms with E-state index in [-0.39, 0.29) is 0 Å². The molecule has 0 aliphatic carbocycles. The van der Waals surface area contributed by atoms with E-state index in [0.717, 1.165) is 17.6 Å². The molecule has 0 heterocycles. The monoisotopic (exact) mass is 378 g/mol. The van der Waals surface area contributed by atoms with Crippen molar-refractivity contribution < 1.29 is 4.48 Å². The summed E-state index contributed by atoms with van der Waals surface area (Å²) in [7, 11) is 4.66. The molecule has 0 rings (SSSR count). The second-order valence-electron chi connectivity index (χ2n) is 13.5. The molecule has 0 aromatic heterocycles. The molecular weight excluding hydrogens is 326 g/mol. The van der Waals surface area contributed by atoms with Crippen LogP contribution in [0.4, 0.5) is 0 Å². The van der Waals surface area contributed by atoms with Gasteiger partial charge in [-0.25, -0.2) is 0 Å². The third kappa shape index (κ3) is 16.1. The van der Waals surface area contributed by atoms with Crippen LogP contribution in [0.1, 0.15) is 94.9 Å². The lowest BCUT2D eigenvalue weighted by atomic mass is 9.74. The van der Waals surface area contributed by atoms with Gasteiger partial charge >= 0.3 is 0 Å². The van der Waals surface area contributed by atoms with Gasteiger partial charge in [0.2, 0.25) is 0 Å². The van der Waals surface area contributed by atoms with E-state index in [9.17, 15) is 0 Å². The molecule has 0 saturated heterocycles. The summed E-state index contributed by atoms with van der Waals surface area (Å²) >= 11 is 0. The Labute approximate surface area is 172 Å². The molecule has 0 bridgehead atoms. The van der Waals surface area contributed by atoms with Crippen LogP contribution in [0, 0.1) is 21.7 Å². The average Bonchev–Trinajstić information content (AvgIpc) is 2.34. The van der Waals surface area contributed by atoms with Crippen molar-refractivity contribution in [3.05, 3.63) is 24.3 Å². The molecule has 0 aliphatic rings. The maximum atomic E-state index is 2.40. The van der Waals surface area contributed by atoms with Gasteiger partial charge in [0.25, 0.3) is 0 Å². The predicted octanol–water partition coefficient (Wildman–Crippen LogP) is 7.88. The summed E-state index contributed by atoms with van der Waals surface area (Å²) in [6.07, 6.45) is 14.4. The summed E-state index contributed by atoms with van der Waals surface area (Å²) in [5, 5.41) is 0. The van der Waals surface area contributed by atoms with Gasteiger partial charge in [-0.15, -0.1) is 0 Å². The van der Waals surface area contributed by atoms with E-state index >= 15 is 0 Å². The average molecular weight is 379 g/mol. The highest BCUT2D eigenvalue weighted by Gasteiger charge is 2.25. The van der Waals surface area contributed by atoms with E-state index in [1.165, 1.54) is 25.7 Å². The van der Waals surface area contributed by atoms with Crippen LogP contribution < -0.4 is 0 Å². The Bertz CT molecular complexity index is 431. The normalized spacial score (nSPS) is 15.3. The molecule has 0 aromatic carbocycles. The molecule has 0 saturated carbocycles. The zero-order valence-electron chi connectivity index (χ0n) is 21.0. The van der Waals surface area contributed by atoms with Crippen molar-refractivity contribution in [1.29, 1.82) is 0 Å². The Morgan fingerprint density at radius 1 is 0.519 bits per heavy atom. The standard InChI is InChI=1S/C26H52N/c1-23(2,3)21-25(7,8)17-13-15-19-27(11,12)20-16-14-18-26(9,10)22-24(4,5)6/h13-16H,17-22H2,1-12H3/q+1. The van der Waals surface area contributed by atoms with Gasteiger partial charge < -0.3 is 4.48 Å². The second kappa shape index (κ2) is 9.77. The second-order valence-corrected chi connectivity index (χ2v) is 13.5. The molecule has 0 fully saturated rings. The van der Waals surface area contributed by atoms with Crippen molar-refractivity contribution in [2.24, 2.45) is 21.7 Å². The van der Waals surface area contributed by atoms with Crippen LogP contribution in [-0.4, -0.2) is 31.7 Å². The van der Waals surface area contributed by atoms with Crippen LogP contribution in [-0.2, 0) is 0 Å². The van der Waals surface area contributed by atoms with E-state index in [0.29, 0.717) is 21.7 Å². The number of quaternary nitrogens is 1. The molecular formula is C26H52N+. The molecule has 0 N–H and O–H groups in total. The maximum absolute atomic E-state index is 2.40. The summed E-state index contributed by atoms with van der Waals surface area (Å²) in [5.74, 6) is 0. The van der Waals surface area contributed by atoms with Gasteiger partial charge in [-0.3, -0.25) is 0 Å². The zero-order chi connectivity index (χ0) is 21.6. The highest BCUT2D eigenvalue weighted by Crippen LogP contribution is 2.36. The first-order valence-corrected chi connectivity index (χ1v) is 10.9. The molecule has 0 spiro atoms. The number of hydrogen-bond donors (Lipinski definition) is 0. The number of nitrogens with zero attached hydrogens (tertiary/aromatic N) is 1. The largest absolute Gasteiger partial charge is 0.322 e. The molecule has 0 aromatic rings. The third-order valence-corrected chi connectivity index (χ3v) is 4.89. The Morgan fingerprint density at radius 2 is 0.815 bits per heavy atom. The van der Waals surface area contributed by atoms with Gasteiger partial charge in [-0.05, 0) is 59.5 Å². The molecule has 27 heavy (non-hydrogen) atoms. The molecule has 1 nitrogen and oxygen atoms in total. The lowest BCUT2D eigenvalue weighted by Gasteiger charge is -2.32. The molecule has 0 aliphatic heterocycles. The van der Waals surface area contributed by atoms with Crippen molar-refractivity contribution in [3.63, 3.8) is 0 Å². The number of allylic oxidation sites excluding steroid dienone is 2. The van der Waals surface area contributed by atoms with E-state index in [2.05, 4.69) is 108 Å². The molecule has 0 unspecified atom stereocenters. The van der Waals surface area contributed by atoms with E-state index in [1.54, 1.807) is 0 Å². The van der Waals surface area contributed by atoms with Gasteiger partial charge in [0, 0.05) is 0 Å². The smallest absolute Gasteiger partial charge is 0.0972 e. The third-order valence-electron chi connectivity index (χ3n) is 4.89. The van der Waals surface area contributed by atoms with Crippen molar-refractivity contribution in [2.75, 3.05) is 27.2 Å². The van der Waals surface area contributed by atoms with Crippen LogP contribution in [0.25, 0.3) is 0 Å². The summed E-state index contributed by atoms with van der Waals surface area (Å²) < 4.78 is 1.02. The summed E-state index contributed by atoms with van der Waals surface area (Å²) in [6.45, 7) is 25.8. The van der Waals surface area contributed by atoms with Crippen molar-refractivity contribution in [3.8, 4) is 0 Å². The van der Waals surface area contributed by atoms with Crippen molar-refractivity contribution in [2.45, 2.75) is 94.9 Å². The topological polar surface area (TPSA) is 0 Å². The fraction of sp³-hybridized carbons (Fsp3) is 0.846. The molecule has 0 radical (unpaired) electrons. The zero-order valence-corrected chi connectivity index (χ0v) is 21.0. The predicted molar refractivity (Wildman–Crippen MR) is 125 cm³/mol.